The van der Waals surface area contributed by atoms with Crippen LogP contribution in [0.5, 0.6) is 5.75 Å². The van der Waals surface area contributed by atoms with Crippen molar-refractivity contribution in [3.8, 4) is 17.0 Å². The lowest BCUT2D eigenvalue weighted by Crippen LogP contribution is -2.49. The van der Waals surface area contributed by atoms with Crippen molar-refractivity contribution in [2.24, 2.45) is 0 Å². The SMILES string of the molecule is Cc1onc(-c2ccccc2)c1C(=O)NNC(=O)CN1C(=O)COc2ccccc21. The molecule has 0 spiro atoms. The quantitative estimate of drug-likeness (QED) is 0.639. The van der Waals surface area contributed by atoms with Gasteiger partial charge in [-0.15, -0.1) is 0 Å². The molecule has 0 unspecified atom stereocenters. The van der Waals surface area contributed by atoms with Gasteiger partial charge in [0.15, 0.2) is 6.61 Å². The predicted octanol–water partition coefficient (Wildman–Crippen LogP) is 1.84. The first-order valence-electron chi connectivity index (χ1n) is 9.17. The molecule has 3 aromatic rings. The van der Waals surface area contributed by atoms with E-state index in [4.69, 9.17) is 9.26 Å². The summed E-state index contributed by atoms with van der Waals surface area (Å²) in [6.07, 6.45) is 0. The van der Waals surface area contributed by atoms with Crippen LogP contribution >= 0.6 is 0 Å². The molecule has 0 radical (unpaired) electrons. The molecule has 152 valence electrons. The Kier molecular flexibility index (Phi) is 5.17. The zero-order chi connectivity index (χ0) is 21.1. The van der Waals surface area contributed by atoms with Gasteiger partial charge >= 0.3 is 0 Å². The molecule has 9 nitrogen and oxygen atoms in total. The van der Waals surface area contributed by atoms with E-state index in [1.807, 2.05) is 18.2 Å². The van der Waals surface area contributed by atoms with Crippen LogP contribution in [0.1, 0.15) is 16.1 Å². The first-order chi connectivity index (χ1) is 14.5. The number of hydrogen-bond donors (Lipinski definition) is 2. The zero-order valence-corrected chi connectivity index (χ0v) is 16.0. The number of benzene rings is 2. The molecule has 9 heteroatoms. The lowest BCUT2D eigenvalue weighted by Gasteiger charge is -2.28. The monoisotopic (exact) mass is 406 g/mol. The predicted molar refractivity (Wildman–Crippen MR) is 107 cm³/mol. The van der Waals surface area contributed by atoms with E-state index in [2.05, 4.69) is 16.0 Å². The van der Waals surface area contributed by atoms with Crippen LogP contribution < -0.4 is 20.5 Å². The van der Waals surface area contributed by atoms with E-state index in [0.29, 0.717) is 28.5 Å². The summed E-state index contributed by atoms with van der Waals surface area (Å²) in [6.45, 7) is 1.18. The average molecular weight is 406 g/mol. The van der Waals surface area contributed by atoms with Crippen molar-refractivity contribution in [1.82, 2.24) is 16.0 Å². The highest BCUT2D eigenvalue weighted by Gasteiger charge is 2.27. The Labute approximate surface area is 171 Å². The summed E-state index contributed by atoms with van der Waals surface area (Å²) in [5.41, 5.74) is 6.48. The number of nitrogens with one attached hydrogen (secondary N) is 2. The summed E-state index contributed by atoms with van der Waals surface area (Å²) < 4.78 is 10.5. The van der Waals surface area contributed by atoms with E-state index >= 15 is 0 Å². The molecule has 2 aromatic carbocycles. The third-order valence-electron chi connectivity index (χ3n) is 4.56. The third-order valence-corrected chi connectivity index (χ3v) is 4.56. The number of aryl methyl sites for hydroxylation is 1. The normalized spacial score (nSPS) is 12.7. The molecule has 0 aliphatic carbocycles. The van der Waals surface area contributed by atoms with Crippen LogP contribution in [0, 0.1) is 6.92 Å². The van der Waals surface area contributed by atoms with E-state index in [1.165, 1.54) is 4.90 Å². The summed E-state index contributed by atoms with van der Waals surface area (Å²) in [4.78, 5) is 38.5. The average Bonchev–Trinajstić information content (AvgIpc) is 3.16. The van der Waals surface area contributed by atoms with Gasteiger partial charge in [-0.1, -0.05) is 47.6 Å². The topological polar surface area (TPSA) is 114 Å². The Bertz CT molecular complexity index is 1110. The molecule has 2 heterocycles. The van der Waals surface area contributed by atoms with E-state index in [-0.39, 0.29) is 24.6 Å². The summed E-state index contributed by atoms with van der Waals surface area (Å²) in [7, 11) is 0. The standard InChI is InChI=1S/C21H18N4O5/c1-13-19(20(24-30-13)14-7-3-2-4-8-14)21(28)23-22-17(26)11-25-15-9-5-6-10-16(15)29-12-18(25)27/h2-10H,11-12H2,1H3,(H,22,26)(H,23,28). The fraction of sp³-hybridized carbons (Fsp3) is 0.143. The Balaban J connectivity index is 1.44. The second-order valence-corrected chi connectivity index (χ2v) is 6.57. The van der Waals surface area contributed by atoms with Gasteiger partial charge in [0.25, 0.3) is 17.7 Å². The molecular formula is C21H18N4O5. The van der Waals surface area contributed by atoms with Crippen molar-refractivity contribution in [1.29, 1.82) is 0 Å². The lowest BCUT2D eigenvalue weighted by molar-refractivity contribution is -0.125. The van der Waals surface area contributed by atoms with Crippen LogP contribution in [0.4, 0.5) is 5.69 Å². The lowest BCUT2D eigenvalue weighted by atomic mass is 10.1. The van der Waals surface area contributed by atoms with Crippen LogP contribution in [0.2, 0.25) is 0 Å². The molecule has 0 bridgehead atoms. The number of rotatable bonds is 4. The van der Waals surface area contributed by atoms with E-state index in [9.17, 15) is 14.4 Å². The van der Waals surface area contributed by atoms with E-state index in [0.717, 1.165) is 0 Å². The van der Waals surface area contributed by atoms with Crippen LogP contribution in [0.3, 0.4) is 0 Å². The number of amides is 3. The number of para-hydroxylation sites is 2. The number of fused-ring (bicyclic) bond motifs is 1. The molecule has 3 amide bonds. The van der Waals surface area contributed by atoms with Crippen molar-refractivity contribution in [3.05, 3.63) is 65.9 Å². The second-order valence-electron chi connectivity index (χ2n) is 6.57. The highest BCUT2D eigenvalue weighted by Crippen LogP contribution is 2.31. The van der Waals surface area contributed by atoms with Gasteiger partial charge in [-0.25, -0.2) is 0 Å². The minimum atomic E-state index is -0.574. The molecule has 0 saturated carbocycles. The Morgan fingerprint density at radius 3 is 2.60 bits per heavy atom. The number of carbonyl (C=O) groups is 3. The first kappa shape index (κ1) is 19.2. The number of nitrogens with zero attached hydrogens (tertiary/aromatic N) is 2. The van der Waals surface area contributed by atoms with Crippen molar-refractivity contribution < 1.29 is 23.6 Å². The molecule has 30 heavy (non-hydrogen) atoms. The van der Waals surface area contributed by atoms with Gasteiger partial charge < -0.3 is 9.26 Å². The minimum absolute atomic E-state index is 0.156. The molecule has 2 N–H and O–H groups in total. The highest BCUT2D eigenvalue weighted by atomic mass is 16.5. The summed E-state index contributed by atoms with van der Waals surface area (Å²) in [6, 6.07) is 16.0. The van der Waals surface area contributed by atoms with Crippen molar-refractivity contribution in [3.63, 3.8) is 0 Å². The van der Waals surface area contributed by atoms with Crippen molar-refractivity contribution >= 4 is 23.4 Å². The first-order valence-corrected chi connectivity index (χ1v) is 9.17. The minimum Gasteiger partial charge on any atom is -0.482 e. The van der Waals surface area contributed by atoms with Gasteiger partial charge in [-0.2, -0.15) is 0 Å². The number of hydrogen-bond acceptors (Lipinski definition) is 6. The highest BCUT2D eigenvalue weighted by molar-refractivity contribution is 6.04. The van der Waals surface area contributed by atoms with Gasteiger partial charge in [0, 0.05) is 5.56 Å². The van der Waals surface area contributed by atoms with E-state index < -0.39 is 11.8 Å². The fourth-order valence-electron chi connectivity index (χ4n) is 3.13. The zero-order valence-electron chi connectivity index (χ0n) is 16.0. The smallest absolute Gasteiger partial charge is 0.275 e. The summed E-state index contributed by atoms with van der Waals surface area (Å²) in [5.74, 6) is -0.658. The molecule has 1 aliphatic rings. The maximum atomic E-state index is 12.7. The molecule has 1 aliphatic heterocycles. The number of carbonyl (C=O) groups excluding carboxylic acids is 3. The van der Waals surface area contributed by atoms with Gasteiger partial charge in [0.05, 0.1) is 5.69 Å². The number of hydrazine groups is 1. The van der Waals surface area contributed by atoms with E-state index in [1.54, 1.807) is 43.3 Å². The molecular weight excluding hydrogens is 388 g/mol. The molecule has 0 fully saturated rings. The van der Waals surface area contributed by atoms with Crippen molar-refractivity contribution in [2.45, 2.75) is 6.92 Å². The molecule has 1 aromatic heterocycles. The van der Waals surface area contributed by atoms with Crippen LogP contribution in [0.15, 0.2) is 59.1 Å². The van der Waals surface area contributed by atoms with Crippen LogP contribution in [-0.4, -0.2) is 36.0 Å². The number of anilines is 1. The second kappa shape index (κ2) is 8.08. The largest absolute Gasteiger partial charge is 0.482 e. The summed E-state index contributed by atoms with van der Waals surface area (Å²) >= 11 is 0. The molecule has 4 rings (SSSR count). The summed E-state index contributed by atoms with van der Waals surface area (Å²) in [5, 5.41) is 3.95. The maximum absolute atomic E-state index is 12.7. The molecule has 0 atom stereocenters. The fourth-order valence-corrected chi connectivity index (χ4v) is 3.13. The van der Waals surface area contributed by atoms with Gasteiger partial charge in [-0.05, 0) is 19.1 Å². The Hall–Kier alpha value is -4.14. The Morgan fingerprint density at radius 1 is 1.07 bits per heavy atom. The number of aromatic nitrogens is 1. The third kappa shape index (κ3) is 3.72. The van der Waals surface area contributed by atoms with Crippen LogP contribution in [0.25, 0.3) is 11.3 Å². The van der Waals surface area contributed by atoms with Gasteiger partial charge in [0.2, 0.25) is 0 Å². The maximum Gasteiger partial charge on any atom is 0.275 e. The van der Waals surface area contributed by atoms with Crippen LogP contribution in [-0.2, 0) is 9.59 Å². The molecule has 0 saturated heterocycles. The van der Waals surface area contributed by atoms with Crippen molar-refractivity contribution in [2.75, 3.05) is 18.1 Å². The van der Waals surface area contributed by atoms with Gasteiger partial charge in [-0.3, -0.25) is 30.1 Å². The Morgan fingerprint density at radius 2 is 1.80 bits per heavy atom. The number of ether oxygens (including phenoxy) is 1. The van der Waals surface area contributed by atoms with Gasteiger partial charge in [0.1, 0.15) is 29.3 Å².